The minimum Gasteiger partial charge on any atom is -0.457 e. The Morgan fingerprint density at radius 1 is 0.821 bits per heavy atom. The number of aryl methyl sites for hydroxylation is 2. The first kappa shape index (κ1) is 20.8. The smallest absolute Gasteiger partial charge is 0.306 e. The highest BCUT2D eigenvalue weighted by Gasteiger charge is 2.13. The Labute approximate surface area is 163 Å². The zero-order valence-corrected chi connectivity index (χ0v) is 15.8. The minimum atomic E-state index is -0.665. The summed E-state index contributed by atoms with van der Waals surface area (Å²) in [5.74, 6) is -1.98. The lowest BCUT2D eigenvalue weighted by molar-refractivity contribution is -0.143. The van der Waals surface area contributed by atoms with E-state index in [-0.39, 0.29) is 25.2 Å². The van der Waals surface area contributed by atoms with Gasteiger partial charge in [-0.1, -0.05) is 30.3 Å². The zero-order valence-electron chi connectivity index (χ0n) is 15.8. The van der Waals surface area contributed by atoms with Crippen LogP contribution in [0.25, 0.3) is 0 Å². The van der Waals surface area contributed by atoms with Gasteiger partial charge in [0.1, 0.15) is 0 Å². The molecular weight excluding hydrogens is 360 g/mol. The topological polar surface area (TPSA) is 102 Å². The van der Waals surface area contributed by atoms with E-state index in [2.05, 4.69) is 10.9 Å². The summed E-state index contributed by atoms with van der Waals surface area (Å²) in [7, 11) is 0. The number of ether oxygens (including phenoxy) is 1. The van der Waals surface area contributed by atoms with Crippen LogP contribution in [0, 0.1) is 13.8 Å². The van der Waals surface area contributed by atoms with Crippen LogP contribution in [-0.4, -0.2) is 30.2 Å². The van der Waals surface area contributed by atoms with E-state index in [9.17, 15) is 19.2 Å². The molecule has 0 atom stereocenters. The lowest BCUT2D eigenvalue weighted by atomic mass is 10.0. The van der Waals surface area contributed by atoms with E-state index in [1.165, 1.54) is 0 Å². The number of esters is 1. The molecule has 0 aliphatic carbocycles. The molecule has 0 aromatic heterocycles. The van der Waals surface area contributed by atoms with Crippen LogP contribution >= 0.6 is 0 Å². The summed E-state index contributed by atoms with van der Waals surface area (Å²) >= 11 is 0. The van der Waals surface area contributed by atoms with Crippen LogP contribution in [0.5, 0.6) is 0 Å². The molecule has 0 heterocycles. The Hall–Kier alpha value is -3.48. The first-order chi connectivity index (χ1) is 13.4. The molecule has 146 valence electrons. The van der Waals surface area contributed by atoms with Crippen molar-refractivity contribution in [2.45, 2.75) is 26.7 Å². The van der Waals surface area contributed by atoms with Gasteiger partial charge in [0.25, 0.3) is 5.91 Å². The molecule has 28 heavy (non-hydrogen) atoms. The second kappa shape index (κ2) is 10.0. The number of ketones is 1. The SMILES string of the molecule is Cc1ccc(C(=O)COC(=O)CCC(=O)NNC(=O)c2ccccc2)cc1C. The van der Waals surface area contributed by atoms with Crippen LogP contribution in [-0.2, 0) is 14.3 Å². The van der Waals surface area contributed by atoms with Crippen molar-refractivity contribution in [2.75, 3.05) is 6.61 Å². The van der Waals surface area contributed by atoms with Crippen molar-refractivity contribution in [1.29, 1.82) is 0 Å². The van der Waals surface area contributed by atoms with Crippen LogP contribution in [0.2, 0.25) is 0 Å². The number of hydrazine groups is 1. The van der Waals surface area contributed by atoms with Crippen LogP contribution in [0.4, 0.5) is 0 Å². The lowest BCUT2D eigenvalue weighted by Gasteiger charge is -2.08. The summed E-state index contributed by atoms with van der Waals surface area (Å²) in [5.41, 5.74) is 7.40. The molecule has 2 aromatic rings. The van der Waals surface area contributed by atoms with E-state index in [1.807, 2.05) is 19.9 Å². The summed E-state index contributed by atoms with van der Waals surface area (Å²) < 4.78 is 4.92. The van der Waals surface area contributed by atoms with Gasteiger partial charge in [0.2, 0.25) is 5.91 Å². The summed E-state index contributed by atoms with van der Waals surface area (Å²) in [6, 6.07) is 13.6. The second-order valence-electron chi connectivity index (χ2n) is 6.25. The van der Waals surface area contributed by atoms with Gasteiger partial charge in [-0.2, -0.15) is 0 Å². The highest BCUT2D eigenvalue weighted by Crippen LogP contribution is 2.10. The quantitative estimate of drug-likeness (QED) is 0.435. The molecule has 0 bridgehead atoms. The van der Waals surface area contributed by atoms with Crippen LogP contribution in [0.1, 0.15) is 44.7 Å². The minimum absolute atomic E-state index is 0.175. The number of hydrogen-bond donors (Lipinski definition) is 2. The van der Waals surface area contributed by atoms with Crippen molar-refractivity contribution in [3.05, 3.63) is 70.8 Å². The maximum atomic E-state index is 12.1. The Bertz CT molecular complexity index is 878. The monoisotopic (exact) mass is 382 g/mol. The normalized spacial score (nSPS) is 10.1. The van der Waals surface area contributed by atoms with E-state index < -0.39 is 17.8 Å². The van der Waals surface area contributed by atoms with Gasteiger partial charge < -0.3 is 4.74 Å². The number of nitrogens with one attached hydrogen (secondary N) is 2. The van der Waals surface area contributed by atoms with Gasteiger partial charge in [0.15, 0.2) is 12.4 Å². The van der Waals surface area contributed by atoms with Gasteiger partial charge in [-0.15, -0.1) is 0 Å². The van der Waals surface area contributed by atoms with Gasteiger partial charge in [0, 0.05) is 17.5 Å². The molecule has 2 aromatic carbocycles. The Balaban J connectivity index is 1.68. The highest BCUT2D eigenvalue weighted by atomic mass is 16.5. The summed E-state index contributed by atoms with van der Waals surface area (Å²) in [5, 5.41) is 0. The Kier molecular flexibility index (Phi) is 7.45. The summed E-state index contributed by atoms with van der Waals surface area (Å²) in [6.45, 7) is 3.46. The average molecular weight is 382 g/mol. The largest absolute Gasteiger partial charge is 0.457 e. The zero-order chi connectivity index (χ0) is 20.5. The fraction of sp³-hybridized carbons (Fsp3) is 0.238. The maximum absolute atomic E-state index is 12.1. The van der Waals surface area contributed by atoms with Crippen molar-refractivity contribution in [1.82, 2.24) is 10.9 Å². The van der Waals surface area contributed by atoms with E-state index in [1.54, 1.807) is 42.5 Å². The Morgan fingerprint density at radius 2 is 1.54 bits per heavy atom. The summed E-state index contributed by atoms with van der Waals surface area (Å²) in [4.78, 5) is 47.3. The highest BCUT2D eigenvalue weighted by molar-refractivity contribution is 5.98. The van der Waals surface area contributed by atoms with E-state index >= 15 is 0 Å². The number of Topliss-reactive ketones (excluding diaryl/α,β-unsaturated/α-hetero) is 1. The van der Waals surface area contributed by atoms with Gasteiger partial charge >= 0.3 is 5.97 Å². The predicted molar refractivity (Wildman–Crippen MR) is 102 cm³/mol. The molecule has 2 amide bonds. The third-order valence-corrected chi connectivity index (χ3v) is 4.10. The number of carbonyl (C=O) groups excluding carboxylic acids is 4. The second-order valence-corrected chi connectivity index (χ2v) is 6.25. The summed E-state index contributed by atoms with van der Waals surface area (Å²) in [6.07, 6.45) is -0.376. The maximum Gasteiger partial charge on any atom is 0.306 e. The molecule has 0 aliphatic heterocycles. The van der Waals surface area contributed by atoms with E-state index in [0.29, 0.717) is 11.1 Å². The van der Waals surface area contributed by atoms with Crippen molar-refractivity contribution >= 4 is 23.6 Å². The molecule has 2 rings (SSSR count). The van der Waals surface area contributed by atoms with Crippen molar-refractivity contribution in [3.63, 3.8) is 0 Å². The first-order valence-electron chi connectivity index (χ1n) is 8.77. The van der Waals surface area contributed by atoms with Crippen LogP contribution in [0.15, 0.2) is 48.5 Å². The average Bonchev–Trinajstić information content (AvgIpc) is 2.71. The molecule has 0 radical (unpaired) electrons. The molecule has 7 nitrogen and oxygen atoms in total. The number of benzene rings is 2. The van der Waals surface area contributed by atoms with E-state index in [4.69, 9.17) is 4.74 Å². The fourth-order valence-electron chi connectivity index (χ4n) is 2.28. The predicted octanol–water partition coefficient (Wildman–Crippen LogP) is 2.27. The molecule has 0 saturated carbocycles. The van der Waals surface area contributed by atoms with Crippen molar-refractivity contribution < 1.29 is 23.9 Å². The first-order valence-corrected chi connectivity index (χ1v) is 8.77. The third-order valence-electron chi connectivity index (χ3n) is 4.10. The fourth-order valence-corrected chi connectivity index (χ4v) is 2.28. The Morgan fingerprint density at radius 3 is 2.21 bits per heavy atom. The van der Waals surface area contributed by atoms with Crippen LogP contribution in [0.3, 0.4) is 0 Å². The number of amides is 2. The van der Waals surface area contributed by atoms with Gasteiger partial charge in [-0.3, -0.25) is 30.0 Å². The van der Waals surface area contributed by atoms with Crippen molar-refractivity contribution in [2.24, 2.45) is 0 Å². The van der Waals surface area contributed by atoms with Gasteiger partial charge in [-0.05, 0) is 43.2 Å². The molecule has 0 fully saturated rings. The number of hydrogen-bond acceptors (Lipinski definition) is 5. The third kappa shape index (κ3) is 6.35. The van der Waals surface area contributed by atoms with Gasteiger partial charge in [-0.25, -0.2) is 0 Å². The van der Waals surface area contributed by atoms with Crippen LogP contribution < -0.4 is 10.9 Å². The van der Waals surface area contributed by atoms with E-state index in [0.717, 1.165) is 11.1 Å². The molecule has 0 aliphatic rings. The molecule has 0 saturated heterocycles. The number of carbonyl (C=O) groups is 4. The standard InChI is InChI=1S/C21H22N2O5/c1-14-8-9-17(12-15(14)2)18(24)13-28-20(26)11-10-19(25)22-23-21(27)16-6-4-3-5-7-16/h3-9,12H,10-11,13H2,1-2H3,(H,22,25)(H,23,27). The van der Waals surface area contributed by atoms with Crippen molar-refractivity contribution in [3.8, 4) is 0 Å². The number of rotatable bonds is 7. The molecule has 0 unspecified atom stereocenters. The molecule has 2 N–H and O–H groups in total. The molecule has 7 heteroatoms. The lowest BCUT2D eigenvalue weighted by Crippen LogP contribution is -2.41. The molecule has 0 spiro atoms. The molecular formula is C21H22N2O5. The van der Waals surface area contributed by atoms with Gasteiger partial charge in [0.05, 0.1) is 6.42 Å².